The molecule has 0 saturated heterocycles. The van der Waals surface area contributed by atoms with E-state index in [0.29, 0.717) is 22.1 Å². The lowest BCUT2D eigenvalue weighted by Crippen LogP contribution is -2.38. The van der Waals surface area contributed by atoms with Gasteiger partial charge in [0.25, 0.3) is 11.5 Å². The Morgan fingerprint density at radius 3 is 2.71 bits per heavy atom. The minimum Gasteiger partial charge on any atom is -0.351 e. The minimum atomic E-state index is -1.06. The first-order valence-electron chi connectivity index (χ1n) is 5.74. The van der Waals surface area contributed by atoms with Gasteiger partial charge in [0, 0.05) is 0 Å². The third kappa shape index (κ3) is 2.10. The Bertz CT molecular complexity index is 960. The number of carbonyl (C=O) groups is 2. The fourth-order valence-corrected chi connectivity index (χ4v) is 2.57. The van der Waals surface area contributed by atoms with Gasteiger partial charge in [0.2, 0.25) is 0 Å². The summed E-state index contributed by atoms with van der Waals surface area (Å²) in [6.45, 7) is 1.83. The average molecular weight is 304 g/mol. The van der Waals surface area contributed by atoms with E-state index in [1.807, 2.05) is 6.92 Å². The van der Waals surface area contributed by atoms with Gasteiger partial charge in [-0.05, 0) is 18.6 Å². The van der Waals surface area contributed by atoms with E-state index in [2.05, 4.69) is 18.7 Å². The van der Waals surface area contributed by atoms with Crippen molar-refractivity contribution in [2.24, 2.45) is 5.73 Å². The Hall–Kier alpha value is -2.88. The standard InChI is InChI=1S/C11H8N6O3S/c1-3-2-4-6(7-5(3)16-21-17-7)14-8(9(18)13-4)10(19)15-11(12)20/h2H,1H3,(H,13,18)(H3,12,15,19,20). The van der Waals surface area contributed by atoms with Crippen molar-refractivity contribution in [3.63, 3.8) is 0 Å². The van der Waals surface area contributed by atoms with Crippen molar-refractivity contribution >= 4 is 45.7 Å². The van der Waals surface area contributed by atoms with Crippen LogP contribution in [0.25, 0.3) is 22.1 Å². The topological polar surface area (TPSA) is 144 Å². The van der Waals surface area contributed by atoms with Crippen LogP contribution in [0.3, 0.4) is 0 Å². The largest absolute Gasteiger partial charge is 0.351 e. The van der Waals surface area contributed by atoms with E-state index in [4.69, 9.17) is 5.73 Å². The molecule has 0 unspecified atom stereocenters. The van der Waals surface area contributed by atoms with Crippen molar-refractivity contribution < 1.29 is 9.59 Å². The molecule has 0 atom stereocenters. The Labute approximate surface area is 120 Å². The molecule has 0 radical (unpaired) electrons. The fraction of sp³-hybridized carbons (Fsp3) is 0.0909. The number of primary amides is 1. The number of nitrogens with one attached hydrogen (secondary N) is 2. The summed E-state index contributed by atoms with van der Waals surface area (Å²) in [5.74, 6) is -0.970. The van der Waals surface area contributed by atoms with Gasteiger partial charge >= 0.3 is 6.03 Å². The third-order valence-electron chi connectivity index (χ3n) is 2.84. The first-order chi connectivity index (χ1) is 9.97. The highest BCUT2D eigenvalue weighted by atomic mass is 32.1. The van der Waals surface area contributed by atoms with E-state index >= 15 is 0 Å². The molecule has 3 amide bonds. The Morgan fingerprint density at radius 2 is 2.00 bits per heavy atom. The maximum atomic E-state index is 11.9. The number of aromatic amines is 1. The van der Waals surface area contributed by atoms with E-state index in [9.17, 15) is 14.4 Å². The van der Waals surface area contributed by atoms with Crippen LogP contribution >= 0.6 is 11.7 Å². The maximum Gasteiger partial charge on any atom is 0.319 e. The number of fused-ring (bicyclic) bond motifs is 3. The smallest absolute Gasteiger partial charge is 0.319 e. The normalized spacial score (nSPS) is 10.9. The zero-order valence-electron chi connectivity index (χ0n) is 10.6. The number of aromatic nitrogens is 4. The minimum absolute atomic E-state index is 0.332. The Kier molecular flexibility index (Phi) is 2.87. The molecule has 3 aromatic rings. The lowest BCUT2D eigenvalue weighted by molar-refractivity contribution is 0.0960. The summed E-state index contributed by atoms with van der Waals surface area (Å²) in [4.78, 5) is 40.9. The van der Waals surface area contributed by atoms with Crippen molar-refractivity contribution in [3.05, 3.63) is 27.7 Å². The van der Waals surface area contributed by atoms with Gasteiger partial charge in [-0.1, -0.05) is 0 Å². The number of urea groups is 1. The van der Waals surface area contributed by atoms with Gasteiger partial charge in [-0.25, -0.2) is 9.78 Å². The quantitative estimate of drug-likeness (QED) is 0.579. The van der Waals surface area contributed by atoms with Crippen molar-refractivity contribution in [2.45, 2.75) is 6.92 Å². The lowest BCUT2D eigenvalue weighted by atomic mass is 10.1. The second-order valence-corrected chi connectivity index (χ2v) is 4.81. The van der Waals surface area contributed by atoms with Gasteiger partial charge in [0.15, 0.2) is 5.69 Å². The molecule has 0 spiro atoms. The van der Waals surface area contributed by atoms with Crippen LogP contribution in [0.4, 0.5) is 4.79 Å². The molecular weight excluding hydrogens is 296 g/mol. The van der Waals surface area contributed by atoms with Gasteiger partial charge in [-0.3, -0.25) is 14.9 Å². The van der Waals surface area contributed by atoms with Crippen molar-refractivity contribution in [1.82, 2.24) is 24.0 Å². The highest BCUT2D eigenvalue weighted by molar-refractivity contribution is 7.00. The van der Waals surface area contributed by atoms with Gasteiger partial charge in [-0.15, -0.1) is 0 Å². The Morgan fingerprint density at radius 1 is 1.29 bits per heavy atom. The number of nitrogens with two attached hydrogens (primary N) is 1. The van der Waals surface area contributed by atoms with E-state index in [-0.39, 0.29) is 0 Å². The van der Waals surface area contributed by atoms with Crippen molar-refractivity contribution in [1.29, 1.82) is 0 Å². The van der Waals surface area contributed by atoms with Crippen LogP contribution < -0.4 is 16.6 Å². The molecule has 2 aromatic heterocycles. The number of rotatable bonds is 1. The summed E-state index contributed by atoms with van der Waals surface area (Å²) in [5, 5.41) is 1.80. The average Bonchev–Trinajstić information content (AvgIpc) is 2.87. The number of hydrogen-bond donors (Lipinski definition) is 3. The van der Waals surface area contributed by atoms with Crippen molar-refractivity contribution in [2.75, 3.05) is 0 Å². The second-order valence-electron chi connectivity index (χ2n) is 4.28. The van der Waals surface area contributed by atoms with Crippen LogP contribution in [0.15, 0.2) is 10.9 Å². The van der Waals surface area contributed by atoms with Gasteiger partial charge < -0.3 is 10.7 Å². The fourth-order valence-electron chi connectivity index (χ4n) is 1.96. The summed E-state index contributed by atoms with van der Waals surface area (Å²) in [5.41, 5.74) is 6.41. The number of H-pyrrole nitrogens is 1. The summed E-state index contributed by atoms with van der Waals surface area (Å²) >= 11 is 1.00. The summed E-state index contributed by atoms with van der Waals surface area (Å²) in [6.07, 6.45) is 0. The molecule has 10 heteroatoms. The molecule has 0 aliphatic carbocycles. The van der Waals surface area contributed by atoms with Crippen molar-refractivity contribution in [3.8, 4) is 0 Å². The molecular formula is C11H8N6O3S. The summed E-state index contributed by atoms with van der Waals surface area (Å²) in [7, 11) is 0. The number of benzene rings is 1. The molecule has 1 aromatic carbocycles. The van der Waals surface area contributed by atoms with E-state index in [0.717, 1.165) is 17.3 Å². The molecule has 9 nitrogen and oxygen atoms in total. The monoisotopic (exact) mass is 304 g/mol. The predicted octanol–water partition coefficient (Wildman–Crippen LogP) is 0.0447. The highest BCUT2D eigenvalue weighted by Gasteiger charge is 2.18. The van der Waals surface area contributed by atoms with Crippen LogP contribution in [0.1, 0.15) is 16.1 Å². The summed E-state index contributed by atoms with van der Waals surface area (Å²) < 4.78 is 8.26. The van der Waals surface area contributed by atoms with Gasteiger partial charge in [0.1, 0.15) is 16.6 Å². The number of carbonyl (C=O) groups excluding carboxylic acids is 2. The molecule has 0 aliphatic rings. The SMILES string of the molecule is Cc1cc2[nH]c(=O)c(C(=O)NC(N)=O)nc2c2nsnc12. The zero-order valence-corrected chi connectivity index (χ0v) is 11.4. The molecule has 2 heterocycles. The Balaban J connectivity index is 2.31. The van der Waals surface area contributed by atoms with Crippen LogP contribution in [-0.2, 0) is 0 Å². The molecule has 3 rings (SSSR count). The molecule has 0 saturated carbocycles. The number of nitrogens with zero attached hydrogens (tertiary/aromatic N) is 3. The molecule has 4 N–H and O–H groups in total. The van der Waals surface area contributed by atoms with Crippen LogP contribution in [-0.4, -0.2) is 30.7 Å². The first-order valence-corrected chi connectivity index (χ1v) is 6.47. The molecule has 21 heavy (non-hydrogen) atoms. The maximum absolute atomic E-state index is 11.9. The van der Waals surface area contributed by atoms with Gasteiger partial charge in [-0.2, -0.15) is 8.75 Å². The second kappa shape index (κ2) is 4.59. The van der Waals surface area contributed by atoms with E-state index in [1.165, 1.54) is 0 Å². The van der Waals surface area contributed by atoms with Crippen LogP contribution in [0.5, 0.6) is 0 Å². The van der Waals surface area contributed by atoms with Gasteiger partial charge in [0.05, 0.1) is 17.2 Å². The first kappa shape index (κ1) is 13.1. The number of imide groups is 1. The van der Waals surface area contributed by atoms with Crippen LogP contribution in [0.2, 0.25) is 0 Å². The predicted molar refractivity (Wildman–Crippen MR) is 75.1 cm³/mol. The summed E-state index contributed by atoms with van der Waals surface area (Å²) in [6, 6.07) is 0.633. The third-order valence-corrected chi connectivity index (χ3v) is 3.37. The molecule has 0 bridgehead atoms. The molecule has 0 fully saturated rings. The van der Waals surface area contributed by atoms with E-state index < -0.39 is 23.2 Å². The number of amides is 3. The molecule has 106 valence electrons. The van der Waals surface area contributed by atoms with Crippen LogP contribution in [0, 0.1) is 6.92 Å². The lowest BCUT2D eigenvalue weighted by Gasteiger charge is -2.03. The highest BCUT2D eigenvalue weighted by Crippen LogP contribution is 2.23. The molecule has 0 aliphatic heterocycles. The number of hydrogen-bond acceptors (Lipinski definition) is 7. The van der Waals surface area contributed by atoms with E-state index in [1.54, 1.807) is 11.4 Å². The zero-order chi connectivity index (χ0) is 15.1. The number of aryl methyl sites for hydroxylation is 1.